The molecular weight excluding hydrogens is 182 g/mol. The van der Waals surface area contributed by atoms with Crippen molar-refractivity contribution >= 4 is 11.8 Å². The molecule has 1 fully saturated rings. The molecule has 1 saturated heterocycles. The Kier molecular flexibility index (Phi) is 1.91. The highest BCUT2D eigenvalue weighted by atomic mass is 16.3. The summed E-state index contributed by atoms with van der Waals surface area (Å²) >= 11 is 0. The van der Waals surface area contributed by atoms with Gasteiger partial charge in [0.15, 0.2) is 0 Å². The maximum Gasteiger partial charge on any atom is 0.233 e. The summed E-state index contributed by atoms with van der Waals surface area (Å²) < 4.78 is 5.15. The van der Waals surface area contributed by atoms with Crippen LogP contribution in [0, 0.1) is 5.41 Å². The van der Waals surface area contributed by atoms with Crippen LogP contribution < -0.4 is 5.32 Å². The topological polar surface area (TPSA) is 59.3 Å². The maximum absolute atomic E-state index is 11.5. The van der Waals surface area contributed by atoms with Crippen LogP contribution in [0.25, 0.3) is 0 Å². The van der Waals surface area contributed by atoms with E-state index in [4.69, 9.17) is 4.42 Å². The maximum atomic E-state index is 11.5. The van der Waals surface area contributed by atoms with Crippen molar-refractivity contribution in [3.63, 3.8) is 0 Å². The van der Waals surface area contributed by atoms with Crippen LogP contribution >= 0.6 is 0 Å². The minimum atomic E-state index is -0.644. The minimum absolute atomic E-state index is 0.205. The highest BCUT2D eigenvalue weighted by Crippen LogP contribution is 2.31. The number of amides is 2. The molecule has 0 aliphatic carbocycles. The quantitative estimate of drug-likeness (QED) is 0.709. The molecule has 0 aromatic carbocycles. The molecule has 4 nitrogen and oxygen atoms in total. The number of imide groups is 1. The number of nitrogens with one attached hydrogen (secondary N) is 1. The van der Waals surface area contributed by atoms with Gasteiger partial charge in [0.2, 0.25) is 11.8 Å². The van der Waals surface area contributed by atoms with E-state index in [9.17, 15) is 9.59 Å². The summed E-state index contributed by atoms with van der Waals surface area (Å²) in [7, 11) is 0. The first kappa shape index (κ1) is 8.99. The summed E-state index contributed by atoms with van der Waals surface area (Å²) in [6, 6.07) is 3.58. The first-order valence-electron chi connectivity index (χ1n) is 4.47. The van der Waals surface area contributed by atoms with E-state index < -0.39 is 5.41 Å². The Bertz CT molecular complexity index is 369. The molecular formula is C10H11NO3. The van der Waals surface area contributed by atoms with Crippen molar-refractivity contribution in [3.05, 3.63) is 24.2 Å². The average molecular weight is 193 g/mol. The van der Waals surface area contributed by atoms with Crippen molar-refractivity contribution in [1.29, 1.82) is 0 Å². The van der Waals surface area contributed by atoms with Crippen molar-refractivity contribution in [2.75, 3.05) is 0 Å². The smallest absolute Gasteiger partial charge is 0.233 e. The fraction of sp³-hybridized carbons (Fsp3) is 0.400. The lowest BCUT2D eigenvalue weighted by molar-refractivity contribution is -0.128. The zero-order chi connectivity index (χ0) is 10.2. The van der Waals surface area contributed by atoms with Gasteiger partial charge in [0, 0.05) is 12.8 Å². The number of rotatable bonds is 2. The van der Waals surface area contributed by atoms with Gasteiger partial charge in [-0.3, -0.25) is 14.9 Å². The molecule has 1 atom stereocenters. The van der Waals surface area contributed by atoms with E-state index in [1.54, 1.807) is 25.3 Å². The minimum Gasteiger partial charge on any atom is -0.469 e. The fourth-order valence-electron chi connectivity index (χ4n) is 1.70. The third-order valence-corrected chi connectivity index (χ3v) is 2.50. The first-order valence-corrected chi connectivity index (χ1v) is 4.47. The largest absolute Gasteiger partial charge is 0.469 e. The highest BCUT2D eigenvalue weighted by Gasteiger charge is 2.43. The Morgan fingerprint density at radius 1 is 1.57 bits per heavy atom. The van der Waals surface area contributed by atoms with Gasteiger partial charge in [0.05, 0.1) is 11.7 Å². The standard InChI is InChI=1S/C10H11NO3/c1-10(5-7-3-2-4-14-7)6-8(12)11-9(10)13/h2-4H,5-6H2,1H3,(H,11,12,13). The van der Waals surface area contributed by atoms with Gasteiger partial charge in [-0.2, -0.15) is 0 Å². The van der Waals surface area contributed by atoms with E-state index in [1.165, 1.54) is 0 Å². The van der Waals surface area contributed by atoms with Crippen molar-refractivity contribution < 1.29 is 14.0 Å². The van der Waals surface area contributed by atoms with Gasteiger partial charge < -0.3 is 4.42 Å². The zero-order valence-corrected chi connectivity index (χ0v) is 7.87. The molecule has 74 valence electrons. The van der Waals surface area contributed by atoms with Gasteiger partial charge in [-0.1, -0.05) is 0 Å². The first-order chi connectivity index (χ1) is 6.60. The molecule has 0 saturated carbocycles. The van der Waals surface area contributed by atoms with Gasteiger partial charge in [0.1, 0.15) is 5.76 Å². The molecule has 14 heavy (non-hydrogen) atoms. The molecule has 2 heterocycles. The van der Waals surface area contributed by atoms with Crippen molar-refractivity contribution in [2.45, 2.75) is 19.8 Å². The van der Waals surface area contributed by atoms with E-state index in [1.807, 2.05) is 0 Å². The number of furan rings is 1. The molecule has 2 rings (SSSR count). The second-order valence-electron chi connectivity index (χ2n) is 3.87. The molecule has 0 spiro atoms. The summed E-state index contributed by atoms with van der Waals surface area (Å²) in [4.78, 5) is 22.5. The molecule has 1 N–H and O–H groups in total. The molecule has 1 aliphatic rings. The molecule has 1 aromatic heterocycles. The molecule has 4 heteroatoms. The van der Waals surface area contributed by atoms with E-state index >= 15 is 0 Å². The predicted molar refractivity (Wildman–Crippen MR) is 48.3 cm³/mol. The van der Waals surface area contributed by atoms with E-state index in [2.05, 4.69) is 5.32 Å². The van der Waals surface area contributed by atoms with Crippen molar-refractivity contribution in [3.8, 4) is 0 Å². The Morgan fingerprint density at radius 2 is 2.36 bits per heavy atom. The van der Waals surface area contributed by atoms with Gasteiger partial charge in [-0.05, 0) is 19.1 Å². The van der Waals surface area contributed by atoms with E-state index in [-0.39, 0.29) is 18.2 Å². The van der Waals surface area contributed by atoms with Crippen LogP contribution in [0.3, 0.4) is 0 Å². The van der Waals surface area contributed by atoms with Crippen LogP contribution in [0.2, 0.25) is 0 Å². The number of carbonyl (C=O) groups excluding carboxylic acids is 2. The van der Waals surface area contributed by atoms with Gasteiger partial charge >= 0.3 is 0 Å². The van der Waals surface area contributed by atoms with Crippen molar-refractivity contribution in [1.82, 2.24) is 5.32 Å². The third kappa shape index (κ3) is 1.43. The van der Waals surface area contributed by atoms with Gasteiger partial charge in [-0.15, -0.1) is 0 Å². The van der Waals surface area contributed by atoms with Crippen LogP contribution in [-0.2, 0) is 16.0 Å². The molecule has 1 aliphatic heterocycles. The Hall–Kier alpha value is -1.58. The van der Waals surface area contributed by atoms with E-state index in [0.29, 0.717) is 6.42 Å². The van der Waals surface area contributed by atoms with E-state index in [0.717, 1.165) is 5.76 Å². The number of hydrogen-bond donors (Lipinski definition) is 1. The summed E-state index contributed by atoms with van der Waals surface area (Å²) in [6.07, 6.45) is 2.28. The summed E-state index contributed by atoms with van der Waals surface area (Å²) in [5.41, 5.74) is -0.644. The average Bonchev–Trinajstić information content (AvgIpc) is 2.62. The lowest BCUT2D eigenvalue weighted by Gasteiger charge is -2.16. The summed E-state index contributed by atoms with van der Waals surface area (Å²) in [5.74, 6) is 0.320. The monoisotopic (exact) mass is 193 g/mol. The lowest BCUT2D eigenvalue weighted by Crippen LogP contribution is -2.30. The van der Waals surface area contributed by atoms with Gasteiger partial charge in [0.25, 0.3) is 0 Å². The number of carbonyl (C=O) groups is 2. The third-order valence-electron chi connectivity index (χ3n) is 2.50. The number of hydrogen-bond acceptors (Lipinski definition) is 3. The summed E-state index contributed by atoms with van der Waals surface area (Å²) in [5, 5.41) is 2.30. The van der Waals surface area contributed by atoms with Crippen LogP contribution in [0.4, 0.5) is 0 Å². The van der Waals surface area contributed by atoms with Gasteiger partial charge in [-0.25, -0.2) is 0 Å². The SMILES string of the molecule is CC1(Cc2ccco2)CC(=O)NC1=O. The fourth-order valence-corrected chi connectivity index (χ4v) is 1.70. The molecule has 0 bridgehead atoms. The molecule has 0 radical (unpaired) electrons. The van der Waals surface area contributed by atoms with Crippen LogP contribution in [0.5, 0.6) is 0 Å². The summed E-state index contributed by atoms with van der Waals surface area (Å²) in [6.45, 7) is 1.77. The van der Waals surface area contributed by atoms with Crippen LogP contribution in [0.1, 0.15) is 19.1 Å². The molecule has 1 aromatic rings. The second kappa shape index (κ2) is 2.97. The predicted octanol–water partition coefficient (Wildman–Crippen LogP) is 0.875. The van der Waals surface area contributed by atoms with Crippen LogP contribution in [-0.4, -0.2) is 11.8 Å². The Labute approximate surface area is 81.3 Å². The van der Waals surface area contributed by atoms with Crippen molar-refractivity contribution in [2.24, 2.45) is 5.41 Å². The Balaban J connectivity index is 2.17. The molecule has 2 amide bonds. The van der Waals surface area contributed by atoms with Crippen LogP contribution in [0.15, 0.2) is 22.8 Å². The lowest BCUT2D eigenvalue weighted by atomic mass is 9.84. The second-order valence-corrected chi connectivity index (χ2v) is 3.87. The zero-order valence-electron chi connectivity index (χ0n) is 7.87. The highest BCUT2D eigenvalue weighted by molar-refractivity contribution is 6.05. The normalized spacial score (nSPS) is 26.6. The Morgan fingerprint density at radius 3 is 2.86 bits per heavy atom. The molecule has 1 unspecified atom stereocenters.